The van der Waals surface area contributed by atoms with Crippen molar-refractivity contribution < 1.29 is 14.7 Å². The van der Waals surface area contributed by atoms with Gasteiger partial charge in [-0.25, -0.2) is 0 Å². The molecule has 0 aromatic heterocycles. The van der Waals surface area contributed by atoms with Crippen molar-refractivity contribution in [1.82, 2.24) is 5.32 Å². The van der Waals surface area contributed by atoms with E-state index in [1.807, 2.05) is 45.9 Å². The molecule has 0 aliphatic heterocycles. The maximum atomic E-state index is 12.1. The Labute approximate surface area is 138 Å². The number of aryl methyl sites for hydroxylation is 2. The maximum absolute atomic E-state index is 12.1. The number of nitrogens with one attached hydrogen (secondary N) is 2. The topological polar surface area (TPSA) is 78.4 Å². The highest BCUT2D eigenvalue weighted by molar-refractivity contribution is 5.91. The van der Waals surface area contributed by atoms with Gasteiger partial charge in [0.15, 0.2) is 0 Å². The molecule has 2 atom stereocenters. The molecule has 0 spiro atoms. The average Bonchev–Trinajstić information content (AvgIpc) is 2.46. The largest absolute Gasteiger partial charge is 0.480 e. The molecule has 0 radical (unpaired) electrons. The molecular weight excluding hydrogens is 292 g/mol. The van der Waals surface area contributed by atoms with Crippen LogP contribution in [0.3, 0.4) is 0 Å². The molecule has 0 aliphatic rings. The standard InChI is InChI=1S/C18H28N2O3/c1-5-6-7-16(18(22)23)19-14(4)11-17(21)20-15-9-8-12(2)10-13(15)3/h8-10,14,16,19H,5-7,11H2,1-4H3,(H,20,21)(H,22,23)/t14?,16-/m0/s1. The van der Waals surface area contributed by atoms with Gasteiger partial charge >= 0.3 is 5.97 Å². The first-order valence-electron chi connectivity index (χ1n) is 8.19. The number of carboxylic acid groups (broad SMARTS) is 1. The first-order valence-corrected chi connectivity index (χ1v) is 8.19. The lowest BCUT2D eigenvalue weighted by atomic mass is 10.1. The molecule has 0 saturated carbocycles. The van der Waals surface area contributed by atoms with Gasteiger partial charge in [-0.3, -0.25) is 9.59 Å². The summed E-state index contributed by atoms with van der Waals surface area (Å²) in [5.41, 5.74) is 2.97. The van der Waals surface area contributed by atoms with Crippen molar-refractivity contribution in [1.29, 1.82) is 0 Å². The summed E-state index contributed by atoms with van der Waals surface area (Å²) in [5.74, 6) is -0.975. The van der Waals surface area contributed by atoms with Gasteiger partial charge in [0.25, 0.3) is 0 Å². The number of carbonyl (C=O) groups excluding carboxylic acids is 1. The Morgan fingerprint density at radius 2 is 1.96 bits per heavy atom. The summed E-state index contributed by atoms with van der Waals surface area (Å²) in [6, 6.07) is 5.07. The fourth-order valence-corrected chi connectivity index (χ4v) is 2.52. The highest BCUT2D eigenvalue weighted by atomic mass is 16.4. The molecule has 0 aliphatic carbocycles. The molecular formula is C18H28N2O3. The number of carbonyl (C=O) groups is 2. The van der Waals surface area contributed by atoms with Crippen LogP contribution in [0.2, 0.25) is 0 Å². The molecule has 5 nitrogen and oxygen atoms in total. The zero-order valence-electron chi connectivity index (χ0n) is 14.5. The normalized spacial score (nSPS) is 13.4. The summed E-state index contributed by atoms with van der Waals surface area (Å²) in [5, 5.41) is 15.1. The van der Waals surface area contributed by atoms with Crippen molar-refractivity contribution in [2.45, 2.75) is 65.5 Å². The van der Waals surface area contributed by atoms with Crippen LogP contribution in [-0.2, 0) is 9.59 Å². The van der Waals surface area contributed by atoms with Gasteiger partial charge in [-0.15, -0.1) is 0 Å². The second-order valence-electron chi connectivity index (χ2n) is 6.17. The summed E-state index contributed by atoms with van der Waals surface area (Å²) in [6.07, 6.45) is 2.62. The van der Waals surface area contributed by atoms with Crippen LogP contribution in [-0.4, -0.2) is 29.1 Å². The van der Waals surface area contributed by atoms with Crippen molar-refractivity contribution in [2.24, 2.45) is 0 Å². The predicted molar refractivity (Wildman–Crippen MR) is 92.7 cm³/mol. The van der Waals surface area contributed by atoms with E-state index in [1.54, 1.807) is 0 Å². The molecule has 5 heteroatoms. The molecule has 1 amide bonds. The Hall–Kier alpha value is -1.88. The highest BCUT2D eigenvalue weighted by Crippen LogP contribution is 2.16. The number of amides is 1. The molecule has 1 rings (SSSR count). The number of hydrogen-bond donors (Lipinski definition) is 3. The highest BCUT2D eigenvalue weighted by Gasteiger charge is 2.20. The minimum atomic E-state index is -0.861. The Kier molecular flexibility index (Phi) is 7.75. The third kappa shape index (κ3) is 6.82. The Morgan fingerprint density at radius 1 is 1.26 bits per heavy atom. The van der Waals surface area contributed by atoms with Gasteiger partial charge in [-0.05, 0) is 38.8 Å². The lowest BCUT2D eigenvalue weighted by Crippen LogP contribution is -2.43. The number of unbranched alkanes of at least 4 members (excludes halogenated alkanes) is 1. The molecule has 1 unspecified atom stereocenters. The summed E-state index contributed by atoms with van der Waals surface area (Å²) < 4.78 is 0. The lowest BCUT2D eigenvalue weighted by Gasteiger charge is -2.20. The van der Waals surface area contributed by atoms with Crippen molar-refractivity contribution in [3.8, 4) is 0 Å². The summed E-state index contributed by atoms with van der Waals surface area (Å²) in [6.45, 7) is 7.82. The molecule has 128 valence electrons. The van der Waals surface area contributed by atoms with Gasteiger partial charge in [-0.1, -0.05) is 37.5 Å². The van der Waals surface area contributed by atoms with Gasteiger partial charge < -0.3 is 15.7 Å². The van der Waals surface area contributed by atoms with E-state index in [9.17, 15) is 14.7 Å². The zero-order chi connectivity index (χ0) is 17.4. The molecule has 0 heterocycles. The molecule has 0 saturated heterocycles. The second-order valence-corrected chi connectivity index (χ2v) is 6.17. The number of hydrogen-bond acceptors (Lipinski definition) is 3. The van der Waals surface area contributed by atoms with Gasteiger partial charge in [0.05, 0.1) is 0 Å². The smallest absolute Gasteiger partial charge is 0.320 e. The van der Waals surface area contributed by atoms with Gasteiger partial charge in [0.2, 0.25) is 5.91 Å². The number of benzene rings is 1. The van der Waals surface area contributed by atoms with Crippen LogP contribution in [0.25, 0.3) is 0 Å². The second kappa shape index (κ2) is 9.30. The molecule has 3 N–H and O–H groups in total. The number of aliphatic carboxylic acids is 1. The first kappa shape index (κ1) is 19.2. The summed E-state index contributed by atoms with van der Waals surface area (Å²) in [4.78, 5) is 23.4. The molecule has 23 heavy (non-hydrogen) atoms. The Morgan fingerprint density at radius 3 is 2.52 bits per heavy atom. The van der Waals surface area contributed by atoms with E-state index in [2.05, 4.69) is 10.6 Å². The van der Waals surface area contributed by atoms with E-state index < -0.39 is 12.0 Å². The van der Waals surface area contributed by atoms with Crippen LogP contribution in [0.1, 0.15) is 50.7 Å². The van der Waals surface area contributed by atoms with E-state index >= 15 is 0 Å². The fraction of sp³-hybridized carbons (Fsp3) is 0.556. The third-order valence-electron chi connectivity index (χ3n) is 3.78. The number of anilines is 1. The van der Waals surface area contributed by atoms with E-state index in [4.69, 9.17) is 0 Å². The van der Waals surface area contributed by atoms with Crippen LogP contribution in [0.15, 0.2) is 18.2 Å². The van der Waals surface area contributed by atoms with Crippen LogP contribution < -0.4 is 10.6 Å². The molecule has 0 fully saturated rings. The van der Waals surface area contributed by atoms with Gasteiger partial charge in [0.1, 0.15) is 6.04 Å². The maximum Gasteiger partial charge on any atom is 0.320 e. The summed E-state index contributed by atoms with van der Waals surface area (Å²) in [7, 11) is 0. The number of carboxylic acids is 1. The molecule has 1 aromatic carbocycles. The van der Waals surface area contributed by atoms with Gasteiger partial charge in [0, 0.05) is 18.2 Å². The first-order chi connectivity index (χ1) is 10.8. The van der Waals surface area contributed by atoms with Crippen molar-refractivity contribution in [3.05, 3.63) is 29.3 Å². The van der Waals surface area contributed by atoms with E-state index in [1.165, 1.54) is 0 Å². The zero-order valence-corrected chi connectivity index (χ0v) is 14.5. The molecule has 0 bridgehead atoms. The molecule has 1 aromatic rings. The van der Waals surface area contributed by atoms with Crippen molar-refractivity contribution in [3.63, 3.8) is 0 Å². The number of rotatable bonds is 9. The fourth-order valence-electron chi connectivity index (χ4n) is 2.52. The van der Waals surface area contributed by atoms with Crippen LogP contribution >= 0.6 is 0 Å². The minimum absolute atomic E-state index is 0.114. The van der Waals surface area contributed by atoms with Crippen molar-refractivity contribution in [2.75, 3.05) is 5.32 Å². The van der Waals surface area contributed by atoms with Gasteiger partial charge in [-0.2, -0.15) is 0 Å². The van der Waals surface area contributed by atoms with Crippen LogP contribution in [0.5, 0.6) is 0 Å². The van der Waals surface area contributed by atoms with E-state index in [-0.39, 0.29) is 18.4 Å². The SMILES string of the molecule is CCCC[C@H](NC(C)CC(=O)Nc1ccc(C)cc1C)C(=O)O. The lowest BCUT2D eigenvalue weighted by molar-refractivity contribution is -0.140. The minimum Gasteiger partial charge on any atom is -0.480 e. The third-order valence-corrected chi connectivity index (χ3v) is 3.78. The van der Waals surface area contributed by atoms with E-state index in [0.717, 1.165) is 29.7 Å². The Balaban J connectivity index is 2.53. The predicted octanol–water partition coefficient (Wildman–Crippen LogP) is 3.25. The monoisotopic (exact) mass is 320 g/mol. The average molecular weight is 320 g/mol. The van der Waals surface area contributed by atoms with Crippen LogP contribution in [0, 0.1) is 13.8 Å². The Bertz CT molecular complexity index is 543. The summed E-state index contributed by atoms with van der Waals surface area (Å²) >= 11 is 0. The van der Waals surface area contributed by atoms with Crippen LogP contribution in [0.4, 0.5) is 5.69 Å². The quantitative estimate of drug-likeness (QED) is 0.652. The van der Waals surface area contributed by atoms with Crippen molar-refractivity contribution >= 4 is 17.6 Å². The van der Waals surface area contributed by atoms with E-state index in [0.29, 0.717) is 6.42 Å².